The molecule has 2 rings (SSSR count). The topological polar surface area (TPSA) is 20.3 Å². The lowest BCUT2D eigenvalue weighted by atomic mass is 10.2. The summed E-state index contributed by atoms with van der Waals surface area (Å²) in [6.45, 7) is 1.30. The Morgan fingerprint density at radius 1 is 0.895 bits per heavy atom. The third kappa shape index (κ3) is 4.14. The number of carbonyl (C=O) groups excluding carboxylic acids is 1. The van der Waals surface area contributed by atoms with Crippen LogP contribution in [0.4, 0.5) is 4.79 Å². The molecule has 0 bridgehead atoms. The molecular weight excluding hydrogens is 254 g/mol. The van der Waals surface area contributed by atoms with Gasteiger partial charge < -0.3 is 4.90 Å². The van der Waals surface area contributed by atoms with Crippen LogP contribution in [0.3, 0.4) is 0 Å². The first-order valence-electron chi connectivity index (χ1n) is 6.20. The van der Waals surface area contributed by atoms with Crippen molar-refractivity contribution < 1.29 is 4.79 Å². The zero-order valence-corrected chi connectivity index (χ0v) is 11.8. The molecule has 0 N–H and O–H groups in total. The zero-order valence-electron chi connectivity index (χ0n) is 11.0. The van der Waals surface area contributed by atoms with E-state index in [0.717, 1.165) is 11.1 Å². The number of hydrogen-bond donors (Lipinski definition) is 0. The molecule has 1 amide bonds. The number of nitrogens with zero attached hydrogens (tertiary/aromatic N) is 1. The smallest absolute Gasteiger partial charge is 0.281 e. The van der Waals surface area contributed by atoms with Crippen LogP contribution in [0.2, 0.25) is 0 Å². The lowest BCUT2D eigenvalue weighted by Crippen LogP contribution is -2.26. The Hall–Kier alpha value is -1.74. The molecule has 0 saturated carbocycles. The highest BCUT2D eigenvalue weighted by Gasteiger charge is 2.13. The Balaban J connectivity index is 2.10. The summed E-state index contributed by atoms with van der Waals surface area (Å²) in [4.78, 5) is 13.9. The second kappa shape index (κ2) is 7.00. The molecule has 0 unspecified atom stereocenters. The van der Waals surface area contributed by atoms with Crippen molar-refractivity contribution in [3.63, 3.8) is 0 Å². The third-order valence-electron chi connectivity index (χ3n) is 2.87. The average molecular weight is 271 g/mol. The van der Waals surface area contributed by atoms with E-state index in [-0.39, 0.29) is 5.24 Å². The summed E-state index contributed by atoms with van der Waals surface area (Å²) >= 11 is 1.26. The molecule has 3 heteroatoms. The van der Waals surface area contributed by atoms with Gasteiger partial charge in [0.15, 0.2) is 0 Å². The average Bonchev–Trinajstić information content (AvgIpc) is 2.48. The standard InChI is InChI=1S/C16H17NOS/c1-19-16(18)17(12-14-8-4-2-5-9-14)13-15-10-6-3-7-11-15/h2-11H,12-13H2,1H3. The van der Waals surface area contributed by atoms with Crippen molar-refractivity contribution in [2.45, 2.75) is 13.1 Å². The van der Waals surface area contributed by atoms with Crippen LogP contribution >= 0.6 is 11.8 Å². The highest BCUT2D eigenvalue weighted by Crippen LogP contribution is 2.14. The van der Waals surface area contributed by atoms with E-state index < -0.39 is 0 Å². The van der Waals surface area contributed by atoms with Gasteiger partial charge in [-0.25, -0.2) is 0 Å². The van der Waals surface area contributed by atoms with Gasteiger partial charge in [-0.15, -0.1) is 0 Å². The summed E-state index contributed by atoms with van der Waals surface area (Å²) in [5.74, 6) is 0. The second-order valence-corrected chi connectivity index (χ2v) is 5.05. The Morgan fingerprint density at radius 3 is 1.68 bits per heavy atom. The van der Waals surface area contributed by atoms with E-state index in [4.69, 9.17) is 0 Å². The van der Waals surface area contributed by atoms with Crippen molar-refractivity contribution in [3.8, 4) is 0 Å². The minimum atomic E-state index is 0.104. The molecule has 0 spiro atoms. The van der Waals surface area contributed by atoms with Crippen molar-refractivity contribution in [2.75, 3.05) is 6.26 Å². The van der Waals surface area contributed by atoms with Crippen LogP contribution in [-0.4, -0.2) is 16.4 Å². The van der Waals surface area contributed by atoms with Crippen molar-refractivity contribution >= 4 is 17.0 Å². The molecule has 2 aromatic rings. The van der Waals surface area contributed by atoms with E-state index in [9.17, 15) is 4.79 Å². The highest BCUT2D eigenvalue weighted by atomic mass is 32.2. The van der Waals surface area contributed by atoms with Crippen molar-refractivity contribution in [1.82, 2.24) is 4.90 Å². The van der Waals surface area contributed by atoms with Crippen LogP contribution < -0.4 is 0 Å². The first-order valence-corrected chi connectivity index (χ1v) is 7.43. The van der Waals surface area contributed by atoms with Gasteiger partial charge in [-0.3, -0.25) is 4.79 Å². The van der Waals surface area contributed by atoms with E-state index in [0.29, 0.717) is 13.1 Å². The molecule has 0 aliphatic heterocycles. The molecular formula is C16H17NOS. The summed E-state index contributed by atoms with van der Waals surface area (Å²) in [5, 5.41) is 0.104. The Kier molecular flexibility index (Phi) is 5.04. The fourth-order valence-corrected chi connectivity index (χ4v) is 2.31. The maximum Gasteiger partial charge on any atom is 0.281 e. The summed E-state index contributed by atoms with van der Waals surface area (Å²) in [5.41, 5.74) is 2.31. The Morgan fingerprint density at radius 2 is 1.32 bits per heavy atom. The lowest BCUT2D eigenvalue weighted by Gasteiger charge is -2.21. The van der Waals surface area contributed by atoms with Gasteiger partial charge in [-0.05, 0) is 17.4 Å². The molecule has 0 aliphatic rings. The second-order valence-electron chi connectivity index (χ2n) is 4.30. The molecule has 2 aromatic carbocycles. The first-order chi connectivity index (χ1) is 9.29. The molecule has 19 heavy (non-hydrogen) atoms. The highest BCUT2D eigenvalue weighted by molar-refractivity contribution is 8.12. The SMILES string of the molecule is CSC(=O)N(Cc1ccccc1)Cc1ccccc1. The van der Waals surface area contributed by atoms with Crippen LogP contribution in [0.1, 0.15) is 11.1 Å². The number of thioether (sulfide) groups is 1. The monoisotopic (exact) mass is 271 g/mol. The van der Waals surface area contributed by atoms with Crippen LogP contribution in [0.15, 0.2) is 60.7 Å². The minimum absolute atomic E-state index is 0.104. The van der Waals surface area contributed by atoms with Gasteiger partial charge in [-0.2, -0.15) is 0 Å². The van der Waals surface area contributed by atoms with Gasteiger partial charge in [-0.1, -0.05) is 72.4 Å². The fraction of sp³-hybridized carbons (Fsp3) is 0.188. The van der Waals surface area contributed by atoms with Gasteiger partial charge >= 0.3 is 0 Å². The zero-order chi connectivity index (χ0) is 13.5. The molecule has 0 radical (unpaired) electrons. The summed E-state index contributed by atoms with van der Waals surface area (Å²) in [6, 6.07) is 20.2. The maximum atomic E-state index is 12.0. The van der Waals surface area contributed by atoms with Crippen LogP contribution in [0, 0.1) is 0 Å². The molecule has 0 aliphatic carbocycles. The van der Waals surface area contributed by atoms with Gasteiger partial charge in [0, 0.05) is 13.1 Å². The summed E-state index contributed by atoms with van der Waals surface area (Å²) in [6.07, 6.45) is 1.82. The van der Waals surface area contributed by atoms with E-state index in [2.05, 4.69) is 0 Å². The predicted octanol–water partition coefficient (Wildman–Crippen LogP) is 4.17. The van der Waals surface area contributed by atoms with E-state index in [1.807, 2.05) is 71.8 Å². The maximum absolute atomic E-state index is 12.0. The lowest BCUT2D eigenvalue weighted by molar-refractivity contribution is 0.218. The van der Waals surface area contributed by atoms with Crippen LogP contribution in [0.25, 0.3) is 0 Å². The molecule has 2 nitrogen and oxygen atoms in total. The van der Waals surface area contributed by atoms with Gasteiger partial charge in [0.05, 0.1) is 0 Å². The van der Waals surface area contributed by atoms with E-state index in [1.54, 1.807) is 0 Å². The number of amides is 1. The summed E-state index contributed by atoms with van der Waals surface area (Å²) in [7, 11) is 0. The quantitative estimate of drug-likeness (QED) is 0.831. The van der Waals surface area contributed by atoms with Crippen molar-refractivity contribution in [2.24, 2.45) is 0 Å². The molecule has 0 heterocycles. The third-order valence-corrected chi connectivity index (χ3v) is 3.47. The Labute approximate surface area is 118 Å². The number of benzene rings is 2. The van der Waals surface area contributed by atoms with E-state index in [1.165, 1.54) is 11.8 Å². The first kappa shape index (κ1) is 13.7. The number of hydrogen-bond acceptors (Lipinski definition) is 2. The normalized spacial score (nSPS) is 10.2. The minimum Gasteiger partial charge on any atom is -0.325 e. The van der Waals surface area contributed by atoms with Crippen molar-refractivity contribution in [3.05, 3.63) is 71.8 Å². The summed E-state index contributed by atoms with van der Waals surface area (Å²) < 4.78 is 0. The molecule has 0 saturated heterocycles. The molecule has 0 fully saturated rings. The number of carbonyl (C=O) groups is 1. The Bertz CT molecular complexity index is 471. The van der Waals surface area contributed by atoms with Crippen LogP contribution in [-0.2, 0) is 13.1 Å². The largest absolute Gasteiger partial charge is 0.325 e. The molecule has 0 aromatic heterocycles. The van der Waals surface area contributed by atoms with Crippen molar-refractivity contribution in [1.29, 1.82) is 0 Å². The van der Waals surface area contributed by atoms with Crippen LogP contribution in [0.5, 0.6) is 0 Å². The predicted molar refractivity (Wildman–Crippen MR) is 81.0 cm³/mol. The van der Waals surface area contributed by atoms with E-state index >= 15 is 0 Å². The fourth-order valence-electron chi connectivity index (χ4n) is 1.92. The van der Waals surface area contributed by atoms with Gasteiger partial charge in [0.1, 0.15) is 0 Å². The molecule has 98 valence electrons. The van der Waals surface area contributed by atoms with Gasteiger partial charge in [0.25, 0.3) is 5.24 Å². The number of rotatable bonds is 4. The molecule has 0 atom stereocenters. The van der Waals surface area contributed by atoms with Gasteiger partial charge in [0.2, 0.25) is 0 Å².